The third-order valence-corrected chi connectivity index (χ3v) is 4.18. The van der Waals surface area contributed by atoms with Crippen molar-refractivity contribution in [1.29, 1.82) is 0 Å². The molecule has 1 unspecified atom stereocenters. The van der Waals surface area contributed by atoms with Crippen molar-refractivity contribution in [3.8, 4) is 0 Å². The molecule has 0 spiro atoms. The maximum absolute atomic E-state index is 12.1. The van der Waals surface area contributed by atoms with Gasteiger partial charge in [-0.15, -0.1) is 11.6 Å². The average Bonchev–Trinajstić information content (AvgIpc) is 2.29. The fraction of sp³-hybridized carbons (Fsp3) is 0.500. The van der Waals surface area contributed by atoms with Crippen molar-refractivity contribution in [2.45, 2.75) is 24.3 Å². The smallest absolute Gasteiger partial charge is 0.240 e. The Morgan fingerprint density at radius 2 is 2.17 bits per heavy atom. The molecule has 1 aromatic rings. The molecule has 0 aromatic heterocycles. The molecule has 0 aliphatic carbocycles. The molecule has 1 aromatic carbocycles. The number of benzene rings is 1. The van der Waals surface area contributed by atoms with E-state index in [2.05, 4.69) is 4.72 Å². The molecule has 0 heterocycles. The van der Waals surface area contributed by atoms with Gasteiger partial charge < -0.3 is 4.74 Å². The lowest BCUT2D eigenvalue weighted by Crippen LogP contribution is -2.38. The normalized spacial score (nSPS) is 13.5. The Balaban J connectivity index is 2.86. The minimum atomic E-state index is -3.52. The number of hydrogen-bond donors (Lipinski definition) is 1. The summed E-state index contributed by atoms with van der Waals surface area (Å²) < 4.78 is 31.8. The summed E-state index contributed by atoms with van der Waals surface area (Å²) in [7, 11) is -1.99. The molecular weight excluding hydrogens is 274 g/mol. The van der Waals surface area contributed by atoms with Gasteiger partial charge in [0.25, 0.3) is 0 Å². The van der Waals surface area contributed by atoms with Crippen molar-refractivity contribution < 1.29 is 13.2 Å². The van der Waals surface area contributed by atoms with Gasteiger partial charge in [0.15, 0.2) is 0 Å². The minimum Gasteiger partial charge on any atom is -0.383 e. The van der Waals surface area contributed by atoms with Gasteiger partial charge >= 0.3 is 0 Å². The van der Waals surface area contributed by atoms with E-state index in [-0.39, 0.29) is 10.9 Å². The topological polar surface area (TPSA) is 55.4 Å². The summed E-state index contributed by atoms with van der Waals surface area (Å²) in [4.78, 5) is 0.262. The zero-order chi connectivity index (χ0) is 13.6. The van der Waals surface area contributed by atoms with Crippen LogP contribution < -0.4 is 4.72 Å². The van der Waals surface area contributed by atoms with E-state index < -0.39 is 10.0 Å². The Bertz CT molecular complexity index is 470. The highest BCUT2D eigenvalue weighted by Gasteiger charge is 2.19. The lowest BCUT2D eigenvalue weighted by Gasteiger charge is -2.17. The van der Waals surface area contributed by atoms with E-state index in [1.165, 1.54) is 7.11 Å². The van der Waals surface area contributed by atoms with Gasteiger partial charge in [0, 0.05) is 19.0 Å². The molecule has 0 saturated carbocycles. The molecule has 0 saturated heterocycles. The highest BCUT2D eigenvalue weighted by molar-refractivity contribution is 7.89. The van der Waals surface area contributed by atoms with E-state index in [9.17, 15) is 8.42 Å². The van der Waals surface area contributed by atoms with Gasteiger partial charge in [-0.1, -0.05) is 12.1 Å². The van der Waals surface area contributed by atoms with Crippen LogP contribution in [0.2, 0.25) is 0 Å². The zero-order valence-corrected chi connectivity index (χ0v) is 12.1. The first-order valence-electron chi connectivity index (χ1n) is 5.63. The molecule has 102 valence electrons. The molecule has 18 heavy (non-hydrogen) atoms. The van der Waals surface area contributed by atoms with Crippen LogP contribution in [0, 0.1) is 6.92 Å². The summed E-state index contributed by atoms with van der Waals surface area (Å²) >= 11 is 5.64. The van der Waals surface area contributed by atoms with Crippen LogP contribution in [0.4, 0.5) is 0 Å². The second-order valence-electron chi connectivity index (χ2n) is 4.07. The van der Waals surface area contributed by atoms with Crippen molar-refractivity contribution in [3.63, 3.8) is 0 Å². The van der Waals surface area contributed by atoms with Gasteiger partial charge in [0.2, 0.25) is 10.0 Å². The largest absolute Gasteiger partial charge is 0.383 e. The Labute approximate surface area is 113 Å². The molecule has 0 bridgehead atoms. The maximum atomic E-state index is 12.1. The zero-order valence-electron chi connectivity index (χ0n) is 10.5. The van der Waals surface area contributed by atoms with Gasteiger partial charge in [-0.2, -0.15) is 0 Å². The standard InChI is InChI=1S/C12H18ClNO3S/c1-10-4-3-5-12(8-10)18(15,16)14-11(6-7-13)9-17-2/h3-5,8,11,14H,6-7,9H2,1-2H3. The number of ether oxygens (including phenoxy) is 1. The van der Waals surface area contributed by atoms with Gasteiger partial charge in [0.05, 0.1) is 11.5 Å². The third kappa shape index (κ3) is 4.57. The molecule has 1 N–H and O–H groups in total. The first-order chi connectivity index (χ1) is 8.49. The van der Waals surface area contributed by atoms with Crippen molar-refractivity contribution >= 4 is 21.6 Å². The number of hydrogen-bond acceptors (Lipinski definition) is 3. The van der Waals surface area contributed by atoms with E-state index in [4.69, 9.17) is 16.3 Å². The summed E-state index contributed by atoms with van der Waals surface area (Å²) in [5.74, 6) is 0.379. The van der Waals surface area contributed by atoms with Crippen LogP contribution >= 0.6 is 11.6 Å². The Morgan fingerprint density at radius 1 is 1.44 bits per heavy atom. The highest BCUT2D eigenvalue weighted by atomic mass is 35.5. The van der Waals surface area contributed by atoms with Gasteiger partial charge in [-0.05, 0) is 31.0 Å². The predicted octanol–water partition coefficient (Wildman–Crippen LogP) is 1.92. The molecule has 0 aliphatic heterocycles. The number of aryl methyl sites for hydroxylation is 1. The number of alkyl halides is 1. The van der Waals surface area contributed by atoms with E-state index in [0.717, 1.165) is 5.56 Å². The Kier molecular flexibility index (Phi) is 6.08. The van der Waals surface area contributed by atoms with E-state index in [1.807, 2.05) is 13.0 Å². The van der Waals surface area contributed by atoms with Crippen LogP contribution in [-0.4, -0.2) is 34.1 Å². The minimum absolute atomic E-state index is 0.262. The molecule has 0 radical (unpaired) electrons. The fourth-order valence-corrected chi connectivity index (χ4v) is 3.20. The summed E-state index contributed by atoms with van der Waals surface area (Å²) in [6.45, 7) is 2.15. The number of sulfonamides is 1. The first kappa shape index (κ1) is 15.4. The van der Waals surface area contributed by atoms with Crippen LogP contribution in [-0.2, 0) is 14.8 Å². The molecular formula is C12H18ClNO3S. The molecule has 0 aliphatic rings. The Hall–Kier alpha value is -0.620. The molecule has 1 atom stereocenters. The van der Waals surface area contributed by atoms with Gasteiger partial charge in [-0.25, -0.2) is 13.1 Å². The van der Waals surface area contributed by atoms with Crippen LogP contribution in [0.3, 0.4) is 0 Å². The first-order valence-corrected chi connectivity index (χ1v) is 7.65. The van der Waals surface area contributed by atoms with Crippen molar-refractivity contribution in [3.05, 3.63) is 29.8 Å². The number of rotatable bonds is 7. The third-order valence-electron chi connectivity index (χ3n) is 2.45. The molecule has 1 rings (SSSR count). The van der Waals surface area contributed by atoms with Crippen molar-refractivity contribution in [1.82, 2.24) is 4.72 Å². The number of methoxy groups -OCH3 is 1. The Morgan fingerprint density at radius 3 is 2.72 bits per heavy atom. The monoisotopic (exact) mass is 291 g/mol. The predicted molar refractivity (Wildman–Crippen MR) is 72.5 cm³/mol. The summed E-state index contributed by atoms with van der Waals surface area (Å²) in [5, 5.41) is 0. The van der Waals surface area contributed by atoms with Crippen LogP contribution in [0.5, 0.6) is 0 Å². The van der Waals surface area contributed by atoms with Crippen molar-refractivity contribution in [2.24, 2.45) is 0 Å². The molecule has 6 heteroatoms. The fourth-order valence-electron chi connectivity index (χ4n) is 1.58. The summed E-state index contributed by atoms with van der Waals surface area (Å²) in [6.07, 6.45) is 0.528. The lowest BCUT2D eigenvalue weighted by molar-refractivity contribution is 0.173. The average molecular weight is 292 g/mol. The van der Waals surface area contributed by atoms with Crippen LogP contribution in [0.15, 0.2) is 29.2 Å². The second-order valence-corrected chi connectivity index (χ2v) is 6.16. The quantitative estimate of drug-likeness (QED) is 0.781. The number of halogens is 1. The van der Waals surface area contributed by atoms with Crippen molar-refractivity contribution in [2.75, 3.05) is 19.6 Å². The van der Waals surface area contributed by atoms with E-state index >= 15 is 0 Å². The van der Waals surface area contributed by atoms with E-state index in [1.54, 1.807) is 18.2 Å². The highest BCUT2D eigenvalue weighted by Crippen LogP contribution is 2.12. The van der Waals surface area contributed by atoms with Crippen LogP contribution in [0.25, 0.3) is 0 Å². The second kappa shape index (κ2) is 7.09. The lowest BCUT2D eigenvalue weighted by atomic mass is 10.2. The molecule has 4 nitrogen and oxygen atoms in total. The molecule has 0 amide bonds. The van der Waals surface area contributed by atoms with Crippen LogP contribution in [0.1, 0.15) is 12.0 Å². The van der Waals surface area contributed by atoms with Gasteiger partial charge in [0.1, 0.15) is 0 Å². The SMILES string of the molecule is COCC(CCCl)NS(=O)(=O)c1cccc(C)c1. The summed E-state index contributed by atoms with van der Waals surface area (Å²) in [5.41, 5.74) is 0.901. The van der Waals surface area contributed by atoms with E-state index in [0.29, 0.717) is 18.9 Å². The molecule has 0 fully saturated rings. The summed E-state index contributed by atoms with van der Waals surface area (Å²) in [6, 6.07) is 6.46. The van der Waals surface area contributed by atoms with Gasteiger partial charge in [-0.3, -0.25) is 0 Å². The number of nitrogens with one attached hydrogen (secondary N) is 1. The maximum Gasteiger partial charge on any atom is 0.240 e.